The Morgan fingerprint density at radius 1 is 1.07 bits per heavy atom. The molecule has 1 aliphatic rings. The van der Waals surface area contributed by atoms with Gasteiger partial charge in [-0.3, -0.25) is 4.79 Å². The molecule has 8 heteroatoms. The summed E-state index contributed by atoms with van der Waals surface area (Å²) in [6.45, 7) is 3.19. The van der Waals surface area contributed by atoms with E-state index in [-0.39, 0.29) is 12.5 Å². The summed E-state index contributed by atoms with van der Waals surface area (Å²) in [5, 5.41) is 4.63. The zero-order valence-corrected chi connectivity index (χ0v) is 16.8. The lowest BCUT2D eigenvalue weighted by Crippen LogP contribution is -2.32. The number of hydrogen-bond donors (Lipinski definition) is 2. The van der Waals surface area contributed by atoms with Crippen LogP contribution < -0.4 is 10.0 Å². The number of hydrogen-bond acceptors (Lipinski definition) is 5. The fourth-order valence-electron chi connectivity index (χ4n) is 3.04. The molecule has 1 saturated heterocycles. The minimum absolute atomic E-state index is 0.00622. The summed E-state index contributed by atoms with van der Waals surface area (Å²) in [7, 11) is -3.47. The van der Waals surface area contributed by atoms with E-state index >= 15 is 0 Å². The number of amides is 1. The molecule has 1 aromatic heterocycles. The summed E-state index contributed by atoms with van der Waals surface area (Å²) in [5.74, 6) is 0.00622. The first-order valence-electron chi connectivity index (χ1n) is 9.17. The fraction of sp³-hybridized carbons (Fsp3) is 0.421. The number of nitrogens with zero attached hydrogens (tertiary/aromatic N) is 1. The maximum absolute atomic E-state index is 12.1. The summed E-state index contributed by atoms with van der Waals surface area (Å²) in [6.07, 6.45) is 4.22. The number of sulfonamides is 1. The van der Waals surface area contributed by atoms with Crippen LogP contribution in [0.4, 0.5) is 5.69 Å². The topological polar surface area (TPSA) is 78.5 Å². The highest BCUT2D eigenvalue weighted by molar-refractivity contribution is 7.91. The molecule has 0 spiro atoms. The van der Waals surface area contributed by atoms with Gasteiger partial charge in [-0.1, -0.05) is 24.6 Å². The molecule has 0 saturated carbocycles. The first-order valence-corrected chi connectivity index (χ1v) is 11.5. The van der Waals surface area contributed by atoms with Crippen molar-refractivity contribution in [1.29, 1.82) is 0 Å². The predicted molar refractivity (Wildman–Crippen MR) is 108 cm³/mol. The number of anilines is 1. The van der Waals surface area contributed by atoms with E-state index in [1.54, 1.807) is 29.6 Å². The Bertz CT molecular complexity index is 828. The second-order valence-electron chi connectivity index (χ2n) is 6.65. The summed E-state index contributed by atoms with van der Waals surface area (Å²) in [4.78, 5) is 14.4. The fourth-order valence-corrected chi connectivity index (χ4v) is 5.09. The van der Waals surface area contributed by atoms with E-state index in [0.29, 0.717) is 10.6 Å². The number of benzene rings is 1. The summed E-state index contributed by atoms with van der Waals surface area (Å²) in [6, 6.07) is 10.5. The molecule has 0 atom stereocenters. The van der Waals surface area contributed by atoms with Gasteiger partial charge in [0.25, 0.3) is 0 Å². The zero-order valence-electron chi connectivity index (χ0n) is 15.2. The van der Waals surface area contributed by atoms with E-state index in [9.17, 15) is 13.2 Å². The second-order valence-corrected chi connectivity index (χ2v) is 9.60. The molecule has 2 aromatic rings. The van der Waals surface area contributed by atoms with Gasteiger partial charge in [0.05, 0.1) is 0 Å². The minimum Gasteiger partial charge on any atom is -0.326 e. The normalized spacial score (nSPS) is 15.6. The molecule has 1 aromatic carbocycles. The summed E-state index contributed by atoms with van der Waals surface area (Å²) >= 11 is 1.19. The smallest absolute Gasteiger partial charge is 0.250 e. The van der Waals surface area contributed by atoms with E-state index in [4.69, 9.17) is 0 Å². The van der Waals surface area contributed by atoms with Crippen LogP contribution in [0.15, 0.2) is 46.0 Å². The average molecular weight is 408 g/mol. The van der Waals surface area contributed by atoms with Crippen molar-refractivity contribution in [3.63, 3.8) is 0 Å². The lowest BCUT2D eigenvalue weighted by molar-refractivity contribution is -0.116. The number of nitrogens with one attached hydrogen (secondary N) is 2. The van der Waals surface area contributed by atoms with Crippen molar-refractivity contribution < 1.29 is 13.2 Å². The van der Waals surface area contributed by atoms with Crippen molar-refractivity contribution in [1.82, 2.24) is 9.62 Å². The van der Waals surface area contributed by atoms with Gasteiger partial charge in [-0.05, 0) is 55.1 Å². The molecule has 0 radical (unpaired) electrons. The molecule has 1 aliphatic heterocycles. The first-order chi connectivity index (χ1) is 13.0. The monoisotopic (exact) mass is 407 g/mol. The van der Waals surface area contributed by atoms with E-state index < -0.39 is 10.0 Å². The van der Waals surface area contributed by atoms with Crippen molar-refractivity contribution in [3.8, 4) is 0 Å². The van der Waals surface area contributed by atoms with Gasteiger partial charge in [-0.15, -0.1) is 11.3 Å². The van der Waals surface area contributed by atoms with Crippen LogP contribution in [0.2, 0.25) is 0 Å². The molecule has 0 bridgehead atoms. The van der Waals surface area contributed by atoms with Crippen LogP contribution in [0.1, 0.15) is 31.2 Å². The molecule has 0 unspecified atom stereocenters. The van der Waals surface area contributed by atoms with Crippen LogP contribution >= 0.6 is 11.3 Å². The van der Waals surface area contributed by atoms with Gasteiger partial charge in [0.15, 0.2) is 0 Å². The summed E-state index contributed by atoms with van der Waals surface area (Å²) in [5.41, 5.74) is 1.56. The highest BCUT2D eigenvalue weighted by Crippen LogP contribution is 2.16. The van der Waals surface area contributed by atoms with Crippen molar-refractivity contribution >= 4 is 33.0 Å². The van der Waals surface area contributed by atoms with E-state index in [1.165, 1.54) is 30.6 Å². The number of thiophene rings is 1. The molecule has 1 fully saturated rings. The van der Waals surface area contributed by atoms with Crippen LogP contribution in [-0.2, 0) is 21.4 Å². The lowest BCUT2D eigenvalue weighted by Gasteiger charge is -2.25. The molecular weight excluding hydrogens is 382 g/mol. The number of piperidine rings is 1. The van der Waals surface area contributed by atoms with Gasteiger partial charge in [0.1, 0.15) is 4.21 Å². The Kier molecular flexibility index (Phi) is 7.01. The molecule has 146 valence electrons. The van der Waals surface area contributed by atoms with Gasteiger partial charge < -0.3 is 10.2 Å². The largest absolute Gasteiger partial charge is 0.326 e. The van der Waals surface area contributed by atoms with Crippen LogP contribution in [-0.4, -0.2) is 38.9 Å². The van der Waals surface area contributed by atoms with Crippen molar-refractivity contribution in [3.05, 3.63) is 47.3 Å². The molecule has 0 aliphatic carbocycles. The minimum atomic E-state index is -3.47. The van der Waals surface area contributed by atoms with Gasteiger partial charge in [-0.25, -0.2) is 13.1 Å². The predicted octanol–water partition coefficient (Wildman–Crippen LogP) is 3.04. The number of likely N-dealkylation sites (tertiary alicyclic amines) is 1. The molecular formula is C19H25N3O3S2. The van der Waals surface area contributed by atoms with Crippen molar-refractivity contribution in [2.24, 2.45) is 0 Å². The first kappa shape index (κ1) is 20.0. The Balaban J connectivity index is 1.44. The highest BCUT2D eigenvalue weighted by Gasteiger charge is 2.14. The SMILES string of the molecule is O=C(CCN1CCCCC1)Nc1ccc(CNS(=O)(=O)c2cccs2)cc1. The van der Waals surface area contributed by atoms with Crippen LogP contribution in [0, 0.1) is 0 Å². The van der Waals surface area contributed by atoms with E-state index in [1.807, 2.05) is 12.1 Å². The van der Waals surface area contributed by atoms with Gasteiger partial charge >= 0.3 is 0 Å². The molecule has 27 heavy (non-hydrogen) atoms. The Morgan fingerprint density at radius 3 is 2.48 bits per heavy atom. The molecule has 2 heterocycles. The maximum atomic E-state index is 12.1. The Labute approximate surface area is 164 Å². The molecule has 3 rings (SSSR count). The van der Waals surface area contributed by atoms with Crippen LogP contribution in [0.5, 0.6) is 0 Å². The molecule has 2 N–H and O–H groups in total. The van der Waals surface area contributed by atoms with E-state index in [0.717, 1.165) is 30.9 Å². The highest BCUT2D eigenvalue weighted by atomic mass is 32.2. The Morgan fingerprint density at radius 2 is 1.81 bits per heavy atom. The van der Waals surface area contributed by atoms with Crippen LogP contribution in [0.3, 0.4) is 0 Å². The summed E-state index contributed by atoms with van der Waals surface area (Å²) < 4.78 is 27.1. The number of rotatable bonds is 8. The third kappa shape index (κ3) is 6.14. The second kappa shape index (κ2) is 9.45. The third-order valence-electron chi connectivity index (χ3n) is 4.57. The van der Waals surface area contributed by atoms with Crippen molar-refractivity contribution in [2.75, 3.05) is 25.0 Å². The number of carbonyl (C=O) groups excluding carboxylic acids is 1. The number of carbonyl (C=O) groups is 1. The van der Waals surface area contributed by atoms with Gasteiger partial charge in [-0.2, -0.15) is 0 Å². The zero-order chi connectivity index (χ0) is 19.1. The Hall–Kier alpha value is -1.74. The van der Waals surface area contributed by atoms with Gasteiger partial charge in [0, 0.05) is 25.2 Å². The lowest BCUT2D eigenvalue weighted by atomic mass is 10.1. The van der Waals surface area contributed by atoms with Crippen molar-refractivity contribution in [2.45, 2.75) is 36.4 Å². The average Bonchev–Trinajstić information content (AvgIpc) is 3.23. The standard InChI is InChI=1S/C19H25N3O3S2/c23-18(10-13-22-11-2-1-3-12-22)21-17-8-6-16(7-9-17)15-20-27(24,25)19-5-4-14-26-19/h4-9,14,20H,1-3,10-13,15H2,(H,21,23). The maximum Gasteiger partial charge on any atom is 0.250 e. The molecule has 6 nitrogen and oxygen atoms in total. The van der Waals surface area contributed by atoms with Gasteiger partial charge in [0.2, 0.25) is 15.9 Å². The van der Waals surface area contributed by atoms with E-state index in [2.05, 4.69) is 14.9 Å². The molecule has 1 amide bonds. The quantitative estimate of drug-likeness (QED) is 0.705. The third-order valence-corrected chi connectivity index (χ3v) is 7.37. The van der Waals surface area contributed by atoms with Crippen LogP contribution in [0.25, 0.3) is 0 Å².